The zero-order valence-electron chi connectivity index (χ0n) is 11.9. The molecule has 5 heteroatoms. The Bertz CT molecular complexity index is 660. The molecule has 0 aliphatic carbocycles. The summed E-state index contributed by atoms with van der Waals surface area (Å²) in [5, 5.41) is 3.22. The maximum atomic E-state index is 5.87. The molecule has 2 aromatic carbocycles. The van der Waals surface area contributed by atoms with E-state index >= 15 is 0 Å². The van der Waals surface area contributed by atoms with Crippen molar-refractivity contribution >= 4 is 15.9 Å². The van der Waals surface area contributed by atoms with Crippen LogP contribution in [-0.2, 0) is 0 Å². The summed E-state index contributed by atoms with van der Waals surface area (Å²) in [6.07, 6.45) is 0. The minimum atomic E-state index is 0.265. The molecule has 1 unspecified atom stereocenters. The zero-order chi connectivity index (χ0) is 14.8. The van der Waals surface area contributed by atoms with Gasteiger partial charge in [0.15, 0.2) is 11.5 Å². The minimum absolute atomic E-state index is 0.265. The van der Waals surface area contributed by atoms with Crippen molar-refractivity contribution in [2.24, 2.45) is 0 Å². The molecule has 0 aromatic heterocycles. The van der Waals surface area contributed by atoms with E-state index in [9.17, 15) is 0 Å². The topological polar surface area (TPSA) is 39.7 Å². The predicted molar refractivity (Wildman–Crippen MR) is 84.3 cm³/mol. The molecule has 110 valence electrons. The molecule has 4 nitrogen and oxygen atoms in total. The predicted octanol–water partition coefficient (Wildman–Crippen LogP) is 4.25. The largest absolute Gasteiger partial charge is 0.457 e. The maximum absolute atomic E-state index is 5.87. The maximum Gasteiger partial charge on any atom is 0.231 e. The number of ether oxygens (including phenoxy) is 3. The average Bonchev–Trinajstić information content (AvgIpc) is 2.94. The SMILES string of the molecule is CNC(C)c1ccc(Oc2ccc3c(c2)OCO3)cc1Br. The molecular formula is C16H16BrNO3. The highest BCUT2D eigenvalue weighted by Gasteiger charge is 2.14. The van der Waals surface area contributed by atoms with Gasteiger partial charge < -0.3 is 19.5 Å². The van der Waals surface area contributed by atoms with E-state index in [0.717, 1.165) is 21.7 Å². The fourth-order valence-electron chi connectivity index (χ4n) is 2.15. The van der Waals surface area contributed by atoms with Gasteiger partial charge >= 0.3 is 0 Å². The third kappa shape index (κ3) is 2.99. The number of halogens is 1. The molecule has 1 N–H and O–H groups in total. The molecule has 0 saturated heterocycles. The van der Waals surface area contributed by atoms with Crippen LogP contribution in [-0.4, -0.2) is 13.8 Å². The molecule has 3 rings (SSSR count). The van der Waals surface area contributed by atoms with Gasteiger partial charge in [0.05, 0.1) is 0 Å². The summed E-state index contributed by atoms with van der Waals surface area (Å²) >= 11 is 3.59. The molecule has 0 amide bonds. The van der Waals surface area contributed by atoms with Crippen molar-refractivity contribution < 1.29 is 14.2 Å². The number of nitrogens with one attached hydrogen (secondary N) is 1. The Morgan fingerprint density at radius 2 is 1.81 bits per heavy atom. The average molecular weight is 350 g/mol. The molecular weight excluding hydrogens is 334 g/mol. The molecule has 0 radical (unpaired) electrons. The third-order valence-electron chi connectivity index (χ3n) is 3.45. The van der Waals surface area contributed by atoms with Crippen LogP contribution in [0, 0.1) is 0 Å². The van der Waals surface area contributed by atoms with Crippen LogP contribution in [0.1, 0.15) is 18.5 Å². The van der Waals surface area contributed by atoms with Gasteiger partial charge in [-0.25, -0.2) is 0 Å². The first-order chi connectivity index (χ1) is 10.2. The molecule has 1 aliphatic rings. The van der Waals surface area contributed by atoms with Crippen LogP contribution >= 0.6 is 15.9 Å². The van der Waals surface area contributed by atoms with Crippen LogP contribution in [0.3, 0.4) is 0 Å². The summed E-state index contributed by atoms with van der Waals surface area (Å²) < 4.78 is 17.5. The number of rotatable bonds is 4. The molecule has 1 aliphatic heterocycles. The molecule has 0 spiro atoms. The normalized spacial score (nSPS) is 14.0. The van der Waals surface area contributed by atoms with E-state index in [1.165, 1.54) is 5.56 Å². The lowest BCUT2D eigenvalue weighted by molar-refractivity contribution is 0.174. The van der Waals surface area contributed by atoms with Crippen LogP contribution in [0.25, 0.3) is 0 Å². The monoisotopic (exact) mass is 349 g/mol. The van der Waals surface area contributed by atoms with Gasteiger partial charge in [-0.3, -0.25) is 0 Å². The van der Waals surface area contributed by atoms with Crippen molar-refractivity contribution in [3.63, 3.8) is 0 Å². The number of fused-ring (bicyclic) bond motifs is 1. The van der Waals surface area contributed by atoms with Crippen LogP contribution in [0.4, 0.5) is 0 Å². The number of benzene rings is 2. The lowest BCUT2D eigenvalue weighted by Crippen LogP contribution is -2.12. The molecule has 0 bridgehead atoms. The highest BCUT2D eigenvalue weighted by molar-refractivity contribution is 9.10. The minimum Gasteiger partial charge on any atom is -0.457 e. The standard InChI is InChI=1S/C16H16BrNO3/c1-10(18-2)13-5-3-11(7-14(13)17)21-12-4-6-15-16(8-12)20-9-19-15/h3-8,10,18H,9H2,1-2H3. The summed E-state index contributed by atoms with van der Waals surface area (Å²) in [6.45, 7) is 2.37. The third-order valence-corrected chi connectivity index (χ3v) is 4.14. The van der Waals surface area contributed by atoms with Gasteiger partial charge in [-0.2, -0.15) is 0 Å². The van der Waals surface area contributed by atoms with E-state index in [-0.39, 0.29) is 12.8 Å². The molecule has 1 heterocycles. The van der Waals surface area contributed by atoms with Crippen molar-refractivity contribution in [2.45, 2.75) is 13.0 Å². The van der Waals surface area contributed by atoms with E-state index in [1.807, 2.05) is 43.4 Å². The smallest absolute Gasteiger partial charge is 0.231 e. The highest BCUT2D eigenvalue weighted by Crippen LogP contribution is 2.37. The molecule has 2 aromatic rings. The van der Waals surface area contributed by atoms with Crippen LogP contribution in [0.2, 0.25) is 0 Å². The van der Waals surface area contributed by atoms with E-state index in [0.29, 0.717) is 5.75 Å². The Hall–Kier alpha value is -1.72. The van der Waals surface area contributed by atoms with Gasteiger partial charge in [-0.1, -0.05) is 22.0 Å². The van der Waals surface area contributed by atoms with Crippen LogP contribution in [0.5, 0.6) is 23.0 Å². The summed E-state index contributed by atoms with van der Waals surface area (Å²) in [7, 11) is 1.94. The second kappa shape index (κ2) is 5.95. The first kappa shape index (κ1) is 14.2. The van der Waals surface area contributed by atoms with Crippen LogP contribution in [0.15, 0.2) is 40.9 Å². The first-order valence-electron chi connectivity index (χ1n) is 6.71. The van der Waals surface area contributed by atoms with Gasteiger partial charge in [-0.05, 0) is 43.8 Å². The lowest BCUT2D eigenvalue weighted by atomic mass is 10.1. The second-order valence-electron chi connectivity index (χ2n) is 4.81. The van der Waals surface area contributed by atoms with Crippen molar-refractivity contribution in [2.75, 3.05) is 13.8 Å². The number of hydrogen-bond donors (Lipinski definition) is 1. The van der Waals surface area contributed by atoms with Gasteiger partial charge in [-0.15, -0.1) is 0 Å². The van der Waals surface area contributed by atoms with E-state index in [1.54, 1.807) is 0 Å². The fourth-order valence-corrected chi connectivity index (χ4v) is 2.86. The van der Waals surface area contributed by atoms with Crippen molar-refractivity contribution in [3.05, 3.63) is 46.4 Å². The van der Waals surface area contributed by atoms with E-state index < -0.39 is 0 Å². The Morgan fingerprint density at radius 3 is 2.57 bits per heavy atom. The fraction of sp³-hybridized carbons (Fsp3) is 0.250. The molecule has 0 saturated carbocycles. The first-order valence-corrected chi connectivity index (χ1v) is 7.51. The van der Waals surface area contributed by atoms with Crippen molar-refractivity contribution in [1.82, 2.24) is 5.32 Å². The van der Waals surface area contributed by atoms with Gasteiger partial charge in [0.1, 0.15) is 11.5 Å². The lowest BCUT2D eigenvalue weighted by Gasteiger charge is -2.14. The molecule has 21 heavy (non-hydrogen) atoms. The van der Waals surface area contributed by atoms with Gasteiger partial charge in [0, 0.05) is 16.6 Å². The quantitative estimate of drug-likeness (QED) is 0.895. The highest BCUT2D eigenvalue weighted by atomic mass is 79.9. The Kier molecular flexibility index (Phi) is 4.03. The zero-order valence-corrected chi connectivity index (χ0v) is 13.4. The summed E-state index contributed by atoms with van der Waals surface area (Å²) in [5.74, 6) is 2.96. The van der Waals surface area contributed by atoms with E-state index in [2.05, 4.69) is 28.2 Å². The van der Waals surface area contributed by atoms with E-state index in [4.69, 9.17) is 14.2 Å². The molecule has 1 atom stereocenters. The summed E-state index contributed by atoms with van der Waals surface area (Å²) in [5.41, 5.74) is 1.19. The van der Waals surface area contributed by atoms with Gasteiger partial charge in [0.2, 0.25) is 6.79 Å². The Balaban J connectivity index is 1.80. The molecule has 0 fully saturated rings. The van der Waals surface area contributed by atoms with Crippen molar-refractivity contribution in [1.29, 1.82) is 0 Å². The second-order valence-corrected chi connectivity index (χ2v) is 5.67. The Labute approximate surface area is 132 Å². The summed E-state index contributed by atoms with van der Waals surface area (Å²) in [6, 6.07) is 11.8. The van der Waals surface area contributed by atoms with Crippen molar-refractivity contribution in [3.8, 4) is 23.0 Å². The van der Waals surface area contributed by atoms with Gasteiger partial charge in [0.25, 0.3) is 0 Å². The summed E-state index contributed by atoms with van der Waals surface area (Å²) in [4.78, 5) is 0. The van der Waals surface area contributed by atoms with Crippen LogP contribution < -0.4 is 19.5 Å². The Morgan fingerprint density at radius 1 is 1.10 bits per heavy atom. The number of hydrogen-bond acceptors (Lipinski definition) is 4.